The van der Waals surface area contributed by atoms with Gasteiger partial charge >= 0.3 is 0 Å². The summed E-state index contributed by atoms with van der Waals surface area (Å²) >= 11 is 0. The van der Waals surface area contributed by atoms with E-state index in [-0.39, 0.29) is 5.56 Å². The summed E-state index contributed by atoms with van der Waals surface area (Å²) < 4.78 is 24.8. The first-order chi connectivity index (χ1) is 10.2. The van der Waals surface area contributed by atoms with Crippen LogP contribution in [0.25, 0.3) is 6.08 Å². The highest BCUT2D eigenvalue weighted by molar-refractivity contribution is 5.79. The molecule has 0 atom stereocenters. The molecule has 0 amide bonds. The standard InChI is InChI=1S/C17H15F2NO/c1-2-13-4-3-5-15(10-13)12-21-20-11-14-6-8-16(9-7-14)17(18)19/h2-11,17H,1,12H2. The summed E-state index contributed by atoms with van der Waals surface area (Å²) in [6.07, 6.45) is 0.800. The summed E-state index contributed by atoms with van der Waals surface area (Å²) in [5.74, 6) is 0. The maximum Gasteiger partial charge on any atom is 0.263 e. The van der Waals surface area contributed by atoms with Crippen LogP contribution >= 0.6 is 0 Å². The van der Waals surface area contributed by atoms with E-state index in [1.54, 1.807) is 18.2 Å². The summed E-state index contributed by atoms with van der Waals surface area (Å²) in [4.78, 5) is 5.19. The molecule has 4 heteroatoms. The Morgan fingerprint density at radius 3 is 2.52 bits per heavy atom. The fourth-order valence-corrected chi connectivity index (χ4v) is 1.75. The number of oxime groups is 1. The number of halogens is 2. The summed E-state index contributed by atoms with van der Waals surface area (Å²) in [5, 5.41) is 3.83. The molecule has 0 aliphatic carbocycles. The van der Waals surface area contributed by atoms with Crippen LogP contribution < -0.4 is 0 Å². The lowest BCUT2D eigenvalue weighted by Gasteiger charge is -2.02. The molecule has 0 heterocycles. The van der Waals surface area contributed by atoms with Crippen molar-refractivity contribution in [1.82, 2.24) is 0 Å². The van der Waals surface area contributed by atoms with Crippen LogP contribution in [0.4, 0.5) is 8.78 Å². The van der Waals surface area contributed by atoms with Crippen molar-refractivity contribution < 1.29 is 13.6 Å². The van der Waals surface area contributed by atoms with E-state index in [2.05, 4.69) is 11.7 Å². The second-order valence-corrected chi connectivity index (χ2v) is 4.42. The zero-order chi connectivity index (χ0) is 15.1. The molecule has 0 aliphatic heterocycles. The number of alkyl halides is 2. The van der Waals surface area contributed by atoms with Crippen LogP contribution in [0, 0.1) is 0 Å². The van der Waals surface area contributed by atoms with Crippen molar-refractivity contribution in [3.05, 3.63) is 77.4 Å². The lowest BCUT2D eigenvalue weighted by Crippen LogP contribution is -1.90. The number of rotatable bonds is 6. The molecule has 2 aromatic rings. The molecule has 2 aromatic carbocycles. The average molecular weight is 287 g/mol. The normalized spacial score (nSPS) is 11.0. The second kappa shape index (κ2) is 7.33. The highest BCUT2D eigenvalue weighted by Crippen LogP contribution is 2.18. The Balaban J connectivity index is 1.88. The quantitative estimate of drug-likeness (QED) is 0.551. The van der Waals surface area contributed by atoms with Gasteiger partial charge in [0.1, 0.15) is 6.61 Å². The van der Waals surface area contributed by atoms with Crippen LogP contribution in [-0.2, 0) is 11.4 Å². The molecule has 21 heavy (non-hydrogen) atoms. The van der Waals surface area contributed by atoms with Gasteiger partial charge in [-0.1, -0.05) is 60.3 Å². The van der Waals surface area contributed by atoms with Crippen LogP contribution in [0.15, 0.2) is 60.3 Å². The van der Waals surface area contributed by atoms with Crippen molar-refractivity contribution in [3.63, 3.8) is 0 Å². The number of benzene rings is 2. The van der Waals surface area contributed by atoms with Gasteiger partial charge in [0.15, 0.2) is 0 Å². The first kappa shape index (κ1) is 14.9. The fourth-order valence-electron chi connectivity index (χ4n) is 1.75. The van der Waals surface area contributed by atoms with Gasteiger partial charge < -0.3 is 4.84 Å². The lowest BCUT2D eigenvalue weighted by molar-refractivity contribution is 0.132. The van der Waals surface area contributed by atoms with Gasteiger partial charge in [-0.2, -0.15) is 0 Å². The van der Waals surface area contributed by atoms with E-state index in [9.17, 15) is 8.78 Å². The zero-order valence-electron chi connectivity index (χ0n) is 11.4. The minimum absolute atomic E-state index is 0.00527. The Kier molecular flexibility index (Phi) is 5.21. The predicted molar refractivity (Wildman–Crippen MR) is 80.3 cm³/mol. The molecule has 0 saturated heterocycles. The molecule has 0 aromatic heterocycles. The van der Waals surface area contributed by atoms with Crippen LogP contribution in [0.2, 0.25) is 0 Å². The summed E-state index contributed by atoms with van der Waals surface area (Å²) in [6.45, 7) is 4.04. The summed E-state index contributed by atoms with van der Waals surface area (Å²) in [5.41, 5.74) is 2.70. The first-order valence-electron chi connectivity index (χ1n) is 6.44. The Morgan fingerprint density at radius 1 is 1.10 bits per heavy atom. The van der Waals surface area contributed by atoms with Crippen molar-refractivity contribution >= 4 is 12.3 Å². The van der Waals surface area contributed by atoms with E-state index >= 15 is 0 Å². The Hall–Kier alpha value is -2.49. The second-order valence-electron chi connectivity index (χ2n) is 4.42. The molecule has 2 nitrogen and oxygen atoms in total. The molecule has 2 rings (SSSR count). The largest absolute Gasteiger partial charge is 0.391 e. The highest BCUT2D eigenvalue weighted by Gasteiger charge is 2.04. The van der Waals surface area contributed by atoms with Crippen LogP contribution in [0.3, 0.4) is 0 Å². The van der Waals surface area contributed by atoms with Gasteiger partial charge in [0.25, 0.3) is 6.43 Å². The van der Waals surface area contributed by atoms with Gasteiger partial charge in [0.05, 0.1) is 6.21 Å². The molecular weight excluding hydrogens is 272 g/mol. The number of hydrogen-bond acceptors (Lipinski definition) is 2. The number of nitrogens with zero attached hydrogens (tertiary/aromatic N) is 1. The Bertz CT molecular complexity index is 621. The SMILES string of the molecule is C=Cc1cccc(CON=Cc2ccc(C(F)F)cc2)c1. The van der Waals surface area contributed by atoms with E-state index in [1.165, 1.54) is 18.3 Å². The summed E-state index contributed by atoms with van der Waals surface area (Å²) in [7, 11) is 0. The molecule has 108 valence electrons. The Morgan fingerprint density at radius 2 is 1.86 bits per heavy atom. The third-order valence-corrected chi connectivity index (χ3v) is 2.88. The van der Waals surface area contributed by atoms with Gasteiger partial charge in [0.2, 0.25) is 0 Å². The Labute approximate surface area is 122 Å². The molecule has 0 fully saturated rings. The zero-order valence-corrected chi connectivity index (χ0v) is 11.4. The van der Waals surface area contributed by atoms with Crippen LogP contribution in [0.5, 0.6) is 0 Å². The molecule has 0 radical (unpaired) electrons. The number of hydrogen-bond donors (Lipinski definition) is 0. The van der Waals surface area contributed by atoms with Crippen molar-refractivity contribution in [3.8, 4) is 0 Å². The lowest BCUT2D eigenvalue weighted by atomic mass is 10.1. The van der Waals surface area contributed by atoms with Gasteiger partial charge in [-0.25, -0.2) is 8.78 Å². The first-order valence-corrected chi connectivity index (χ1v) is 6.44. The van der Waals surface area contributed by atoms with Gasteiger partial charge in [-0.05, 0) is 22.8 Å². The minimum Gasteiger partial charge on any atom is -0.391 e. The molecule has 0 N–H and O–H groups in total. The van der Waals surface area contributed by atoms with Crippen LogP contribution in [0.1, 0.15) is 28.7 Å². The van der Waals surface area contributed by atoms with Crippen molar-refractivity contribution in [2.24, 2.45) is 5.16 Å². The van der Waals surface area contributed by atoms with Crippen LogP contribution in [-0.4, -0.2) is 6.21 Å². The minimum atomic E-state index is -2.45. The topological polar surface area (TPSA) is 21.6 Å². The smallest absolute Gasteiger partial charge is 0.263 e. The van der Waals surface area contributed by atoms with E-state index in [0.29, 0.717) is 12.2 Å². The molecular formula is C17H15F2NO. The van der Waals surface area contributed by atoms with E-state index in [4.69, 9.17) is 4.84 Å². The molecule has 0 saturated carbocycles. The third kappa shape index (κ3) is 4.53. The van der Waals surface area contributed by atoms with E-state index in [0.717, 1.165) is 11.1 Å². The van der Waals surface area contributed by atoms with Crippen molar-refractivity contribution in [2.45, 2.75) is 13.0 Å². The van der Waals surface area contributed by atoms with Crippen molar-refractivity contribution in [1.29, 1.82) is 0 Å². The van der Waals surface area contributed by atoms with Crippen molar-refractivity contribution in [2.75, 3.05) is 0 Å². The monoisotopic (exact) mass is 287 g/mol. The van der Waals surface area contributed by atoms with E-state index in [1.807, 2.05) is 24.3 Å². The molecule has 0 aliphatic rings. The predicted octanol–water partition coefficient (Wildman–Crippen LogP) is 4.82. The molecule has 0 spiro atoms. The maximum atomic E-state index is 12.4. The van der Waals surface area contributed by atoms with Gasteiger partial charge in [-0.3, -0.25) is 0 Å². The van der Waals surface area contributed by atoms with Gasteiger partial charge in [-0.15, -0.1) is 0 Å². The third-order valence-electron chi connectivity index (χ3n) is 2.88. The average Bonchev–Trinajstić information content (AvgIpc) is 2.52. The van der Waals surface area contributed by atoms with Gasteiger partial charge in [0, 0.05) is 5.56 Å². The summed E-state index contributed by atoms with van der Waals surface area (Å²) in [6, 6.07) is 13.7. The fraction of sp³-hybridized carbons (Fsp3) is 0.118. The molecule has 0 unspecified atom stereocenters. The van der Waals surface area contributed by atoms with E-state index < -0.39 is 6.43 Å². The molecule has 0 bridgehead atoms. The highest BCUT2D eigenvalue weighted by atomic mass is 19.3. The maximum absolute atomic E-state index is 12.4.